The molecule has 3 aromatic carbocycles. The van der Waals surface area contributed by atoms with Gasteiger partial charge in [-0.1, -0.05) is 0 Å². The van der Waals surface area contributed by atoms with Crippen LogP contribution >= 0.6 is 7.66 Å². The summed E-state index contributed by atoms with van der Waals surface area (Å²) in [4.78, 5) is 13.9. The minimum absolute atomic E-state index is 0.235. The summed E-state index contributed by atoms with van der Waals surface area (Å²) in [7, 11) is -0.0713. The molecule has 31 heavy (non-hydrogen) atoms. The van der Waals surface area contributed by atoms with Gasteiger partial charge in [-0.3, -0.25) is 0 Å². The first-order valence-corrected chi connectivity index (χ1v) is 11.6. The summed E-state index contributed by atoms with van der Waals surface area (Å²) in [6, 6.07) is 27.8. The van der Waals surface area contributed by atoms with E-state index in [1.807, 2.05) is 78.9 Å². The number of ketones is 1. The van der Waals surface area contributed by atoms with Gasteiger partial charge >= 0.3 is 182 Å². The van der Waals surface area contributed by atoms with Crippen LogP contribution in [0.1, 0.15) is 15.9 Å². The summed E-state index contributed by atoms with van der Waals surface area (Å²) < 4.78 is 25.8. The van der Waals surface area contributed by atoms with Crippen molar-refractivity contribution in [3.8, 4) is 0 Å². The first-order valence-electron chi connectivity index (χ1n) is 9.74. The molecule has 6 nitrogen and oxygen atoms in total. The van der Waals surface area contributed by atoms with Crippen molar-refractivity contribution < 1.29 is 22.9 Å². The second-order valence-corrected chi connectivity index (χ2v) is 10.0. The van der Waals surface area contributed by atoms with E-state index in [-0.39, 0.29) is 11.5 Å². The zero-order valence-corrected chi connectivity index (χ0v) is 18.5. The molecule has 0 saturated heterocycles. The van der Waals surface area contributed by atoms with Crippen molar-refractivity contribution in [3.05, 3.63) is 108 Å². The molecule has 7 heteroatoms. The van der Waals surface area contributed by atoms with E-state index in [0.29, 0.717) is 22.6 Å². The molecule has 0 unspecified atom stereocenters. The molecular formula is C24H24NO5P. The van der Waals surface area contributed by atoms with Gasteiger partial charge in [0.15, 0.2) is 0 Å². The summed E-state index contributed by atoms with van der Waals surface area (Å²) in [5.41, 5.74) is 2.15. The fourth-order valence-corrected chi connectivity index (χ4v) is 6.43. The van der Waals surface area contributed by atoms with Crippen LogP contribution in [0.2, 0.25) is 0 Å². The Labute approximate surface area is 181 Å². The monoisotopic (exact) mass is 437 g/mol. The molecule has 0 spiro atoms. The SMILES string of the molecule is COP1(OC)(OC)OC(c2ccccc2)=C(C(=O)c2ccccc2)N1c1ccccc1. The van der Waals surface area contributed by atoms with E-state index in [0.717, 1.165) is 0 Å². The number of carbonyl (C=O) groups excluding carboxylic acids is 1. The van der Waals surface area contributed by atoms with E-state index in [2.05, 4.69) is 0 Å². The van der Waals surface area contributed by atoms with Crippen molar-refractivity contribution in [1.82, 2.24) is 0 Å². The molecule has 0 fully saturated rings. The van der Waals surface area contributed by atoms with Crippen LogP contribution in [-0.4, -0.2) is 27.1 Å². The molecule has 0 amide bonds. The summed E-state index contributed by atoms with van der Waals surface area (Å²) in [6.07, 6.45) is 0. The van der Waals surface area contributed by atoms with Gasteiger partial charge in [-0.05, 0) is 0 Å². The predicted molar refractivity (Wildman–Crippen MR) is 122 cm³/mol. The number of hydrogen-bond donors (Lipinski definition) is 0. The Morgan fingerprint density at radius 1 is 0.742 bits per heavy atom. The van der Waals surface area contributed by atoms with Gasteiger partial charge in [0.2, 0.25) is 0 Å². The molecule has 1 aliphatic rings. The van der Waals surface area contributed by atoms with Crippen molar-refractivity contribution in [2.45, 2.75) is 0 Å². The summed E-state index contributed by atoms with van der Waals surface area (Å²) in [5.74, 6) is 0.0995. The molecule has 3 aromatic rings. The first kappa shape index (κ1) is 21.2. The van der Waals surface area contributed by atoms with Crippen molar-refractivity contribution >= 4 is 24.9 Å². The molecule has 0 atom stereocenters. The molecule has 0 saturated carbocycles. The molecule has 0 bridgehead atoms. The van der Waals surface area contributed by atoms with E-state index in [4.69, 9.17) is 18.1 Å². The topological polar surface area (TPSA) is 57.2 Å². The van der Waals surface area contributed by atoms with Crippen molar-refractivity contribution in [1.29, 1.82) is 0 Å². The van der Waals surface area contributed by atoms with Gasteiger partial charge in [-0.2, -0.15) is 0 Å². The number of Topliss-reactive ketones (excluding diaryl/α,β-unsaturated/α-hetero) is 1. The average Bonchev–Trinajstić information content (AvgIpc) is 3.18. The van der Waals surface area contributed by atoms with Crippen LogP contribution in [0.4, 0.5) is 5.69 Å². The Balaban J connectivity index is 2.05. The van der Waals surface area contributed by atoms with E-state index in [1.165, 1.54) is 21.3 Å². The Morgan fingerprint density at radius 3 is 1.74 bits per heavy atom. The maximum absolute atomic E-state index is 13.9. The number of benzene rings is 3. The molecule has 0 aromatic heterocycles. The fraction of sp³-hybridized carbons (Fsp3) is 0.125. The second kappa shape index (κ2) is 8.25. The molecule has 1 aliphatic heterocycles. The number of allylic oxidation sites excluding steroid dienone is 1. The van der Waals surface area contributed by atoms with E-state index in [1.54, 1.807) is 16.8 Å². The second-order valence-electron chi connectivity index (χ2n) is 6.80. The van der Waals surface area contributed by atoms with E-state index in [9.17, 15) is 4.79 Å². The summed E-state index contributed by atoms with van der Waals surface area (Å²) in [6.45, 7) is 0. The van der Waals surface area contributed by atoms with Gasteiger partial charge in [-0.15, -0.1) is 0 Å². The number of carbonyl (C=O) groups is 1. The van der Waals surface area contributed by atoms with Gasteiger partial charge in [0.05, 0.1) is 0 Å². The van der Waals surface area contributed by atoms with Crippen molar-refractivity contribution in [2.75, 3.05) is 26.0 Å². The van der Waals surface area contributed by atoms with Crippen molar-refractivity contribution in [3.63, 3.8) is 0 Å². The van der Waals surface area contributed by atoms with Gasteiger partial charge in [0.1, 0.15) is 0 Å². The third-order valence-electron chi connectivity index (χ3n) is 5.20. The first-order chi connectivity index (χ1) is 15.1. The normalized spacial score (nSPS) is 18.2. The van der Waals surface area contributed by atoms with Crippen LogP contribution in [0, 0.1) is 0 Å². The van der Waals surface area contributed by atoms with Crippen LogP contribution in [-0.2, 0) is 18.1 Å². The van der Waals surface area contributed by atoms with E-state index >= 15 is 0 Å². The van der Waals surface area contributed by atoms with Crippen LogP contribution in [0.3, 0.4) is 0 Å². The molecule has 0 radical (unpaired) electrons. The maximum atomic E-state index is 13.9. The van der Waals surface area contributed by atoms with E-state index < -0.39 is 7.66 Å². The average molecular weight is 437 g/mol. The quantitative estimate of drug-likeness (QED) is 0.342. The number of rotatable bonds is 7. The summed E-state index contributed by atoms with van der Waals surface area (Å²) in [5, 5.41) is 0. The number of nitrogens with zero attached hydrogens (tertiary/aromatic N) is 1. The van der Waals surface area contributed by atoms with Gasteiger partial charge in [-0.25, -0.2) is 0 Å². The van der Waals surface area contributed by atoms with Gasteiger partial charge in [0.25, 0.3) is 0 Å². The number of anilines is 1. The Bertz CT molecular complexity index is 1090. The van der Waals surface area contributed by atoms with Crippen LogP contribution < -0.4 is 4.67 Å². The molecule has 0 aliphatic carbocycles. The molecular weight excluding hydrogens is 413 g/mol. The Hall–Kier alpha value is -3.02. The predicted octanol–water partition coefficient (Wildman–Crippen LogP) is 5.84. The van der Waals surface area contributed by atoms with Crippen molar-refractivity contribution in [2.24, 2.45) is 0 Å². The standard InChI is InChI=1S/C24H24NO5P/c1-27-31(28-2,29-3)25(21-17-11-6-12-18-21)22(23(26)19-13-7-4-8-14-19)24(30-31)20-15-9-5-10-16-20/h4-18H,1-3H3. The Kier molecular flexibility index (Phi) is 5.65. The van der Waals surface area contributed by atoms with Crippen LogP contribution in [0.15, 0.2) is 96.7 Å². The molecule has 4 rings (SSSR count). The zero-order chi connectivity index (χ0) is 21.9. The zero-order valence-electron chi connectivity index (χ0n) is 17.6. The number of hydrogen-bond acceptors (Lipinski definition) is 6. The third-order valence-corrected chi connectivity index (χ3v) is 8.60. The third kappa shape index (κ3) is 3.34. The van der Waals surface area contributed by atoms with Gasteiger partial charge < -0.3 is 0 Å². The van der Waals surface area contributed by atoms with Crippen LogP contribution in [0.25, 0.3) is 5.76 Å². The molecule has 0 N–H and O–H groups in total. The minimum atomic E-state index is -4.44. The molecule has 160 valence electrons. The summed E-state index contributed by atoms with van der Waals surface area (Å²) >= 11 is 0. The number of para-hydroxylation sites is 1. The molecule has 1 heterocycles. The Morgan fingerprint density at radius 2 is 1.23 bits per heavy atom. The van der Waals surface area contributed by atoms with Crippen LogP contribution in [0.5, 0.6) is 0 Å². The fourth-order valence-electron chi connectivity index (χ4n) is 3.67. The van der Waals surface area contributed by atoms with Gasteiger partial charge in [0, 0.05) is 0 Å².